The highest BCUT2D eigenvalue weighted by molar-refractivity contribution is 7.99. The standard InChI is InChI=1S/C14H19NOS/c1-2-11-5-7-13(8-6-11)15-14(16)12-4-3-9-17-10-12/h5-8,12H,2-4,9-10H2,1H3,(H,15,16). The minimum atomic E-state index is 0.182. The summed E-state index contributed by atoms with van der Waals surface area (Å²) < 4.78 is 0. The lowest BCUT2D eigenvalue weighted by Crippen LogP contribution is -2.27. The fourth-order valence-corrected chi connectivity index (χ4v) is 3.16. The van der Waals surface area contributed by atoms with Gasteiger partial charge in [-0.3, -0.25) is 4.79 Å². The number of hydrogen-bond acceptors (Lipinski definition) is 2. The number of amides is 1. The summed E-state index contributed by atoms with van der Waals surface area (Å²) in [4.78, 5) is 12.0. The summed E-state index contributed by atoms with van der Waals surface area (Å²) in [6.07, 6.45) is 3.23. The molecule has 1 heterocycles. The molecule has 3 heteroatoms. The third-order valence-electron chi connectivity index (χ3n) is 3.16. The van der Waals surface area contributed by atoms with E-state index in [1.54, 1.807) is 0 Å². The normalized spacial score (nSPS) is 19.9. The molecule has 1 saturated heterocycles. The van der Waals surface area contributed by atoms with Gasteiger partial charge in [0.1, 0.15) is 0 Å². The van der Waals surface area contributed by atoms with E-state index in [0.717, 1.165) is 30.7 Å². The lowest BCUT2D eigenvalue weighted by atomic mass is 10.0. The first kappa shape index (κ1) is 12.5. The van der Waals surface area contributed by atoms with Crippen LogP contribution >= 0.6 is 11.8 Å². The number of benzene rings is 1. The number of aryl methyl sites for hydroxylation is 1. The minimum Gasteiger partial charge on any atom is -0.326 e. The van der Waals surface area contributed by atoms with E-state index in [9.17, 15) is 4.79 Å². The molecule has 0 aliphatic carbocycles. The van der Waals surface area contributed by atoms with Crippen molar-refractivity contribution in [2.24, 2.45) is 5.92 Å². The molecule has 1 aliphatic rings. The van der Waals surface area contributed by atoms with Crippen molar-refractivity contribution in [1.29, 1.82) is 0 Å². The molecule has 2 rings (SSSR count). The number of carbonyl (C=O) groups is 1. The Labute approximate surface area is 107 Å². The zero-order chi connectivity index (χ0) is 12.1. The third kappa shape index (κ3) is 3.50. The monoisotopic (exact) mass is 249 g/mol. The molecule has 17 heavy (non-hydrogen) atoms. The summed E-state index contributed by atoms with van der Waals surface area (Å²) >= 11 is 1.89. The highest BCUT2D eigenvalue weighted by atomic mass is 32.2. The van der Waals surface area contributed by atoms with Crippen LogP contribution in [-0.2, 0) is 11.2 Å². The molecule has 1 aromatic carbocycles. The first-order chi connectivity index (χ1) is 8.29. The van der Waals surface area contributed by atoms with E-state index in [4.69, 9.17) is 0 Å². The quantitative estimate of drug-likeness (QED) is 0.890. The molecule has 1 aliphatic heterocycles. The van der Waals surface area contributed by atoms with Crippen LogP contribution in [0.1, 0.15) is 25.3 Å². The van der Waals surface area contributed by atoms with E-state index < -0.39 is 0 Å². The third-order valence-corrected chi connectivity index (χ3v) is 4.38. The van der Waals surface area contributed by atoms with Crippen LogP contribution in [-0.4, -0.2) is 17.4 Å². The van der Waals surface area contributed by atoms with Crippen LogP contribution < -0.4 is 5.32 Å². The predicted molar refractivity (Wildman–Crippen MR) is 74.5 cm³/mol. The van der Waals surface area contributed by atoms with Gasteiger partial charge in [-0.15, -0.1) is 0 Å². The van der Waals surface area contributed by atoms with Crippen molar-refractivity contribution in [3.63, 3.8) is 0 Å². The van der Waals surface area contributed by atoms with Gasteiger partial charge in [-0.25, -0.2) is 0 Å². The second-order valence-corrected chi connectivity index (χ2v) is 5.60. The number of anilines is 1. The second kappa shape index (κ2) is 6.10. The van der Waals surface area contributed by atoms with Crippen LogP contribution in [0.15, 0.2) is 24.3 Å². The molecule has 1 aromatic rings. The number of thioether (sulfide) groups is 1. The molecule has 0 saturated carbocycles. The summed E-state index contributed by atoms with van der Waals surface area (Å²) in [5, 5.41) is 3.01. The van der Waals surface area contributed by atoms with Gasteiger partial charge in [-0.1, -0.05) is 19.1 Å². The fraction of sp³-hybridized carbons (Fsp3) is 0.500. The molecule has 1 atom stereocenters. The summed E-state index contributed by atoms with van der Waals surface area (Å²) in [6.45, 7) is 2.13. The average Bonchev–Trinajstić information content (AvgIpc) is 2.40. The molecule has 1 amide bonds. The molecule has 0 radical (unpaired) electrons. The fourth-order valence-electron chi connectivity index (χ4n) is 2.02. The summed E-state index contributed by atoms with van der Waals surface area (Å²) in [7, 11) is 0. The Kier molecular flexibility index (Phi) is 4.49. The van der Waals surface area contributed by atoms with Crippen molar-refractivity contribution < 1.29 is 4.79 Å². The molecule has 2 nitrogen and oxygen atoms in total. The van der Waals surface area contributed by atoms with Crippen LogP contribution in [0.25, 0.3) is 0 Å². The molecule has 0 spiro atoms. The van der Waals surface area contributed by atoms with Crippen LogP contribution in [0.4, 0.5) is 5.69 Å². The maximum Gasteiger partial charge on any atom is 0.228 e. The van der Waals surface area contributed by atoms with Crippen LogP contribution in [0, 0.1) is 5.92 Å². The van der Waals surface area contributed by atoms with Gasteiger partial charge in [-0.2, -0.15) is 11.8 Å². The largest absolute Gasteiger partial charge is 0.326 e. The van der Waals surface area contributed by atoms with Gasteiger partial charge in [0, 0.05) is 17.4 Å². The Morgan fingerprint density at radius 3 is 2.76 bits per heavy atom. The molecule has 1 N–H and O–H groups in total. The van der Waals surface area contributed by atoms with Gasteiger partial charge >= 0.3 is 0 Å². The predicted octanol–water partition coefficient (Wildman–Crippen LogP) is 3.33. The SMILES string of the molecule is CCc1ccc(NC(=O)C2CCCSC2)cc1. The van der Waals surface area contributed by atoms with E-state index in [2.05, 4.69) is 24.4 Å². The molecular formula is C14H19NOS. The van der Waals surface area contributed by atoms with Gasteiger partial charge in [0.05, 0.1) is 0 Å². The van der Waals surface area contributed by atoms with Crippen molar-refractivity contribution in [2.75, 3.05) is 16.8 Å². The molecule has 1 unspecified atom stereocenters. The Hall–Kier alpha value is -0.960. The van der Waals surface area contributed by atoms with Crippen molar-refractivity contribution in [1.82, 2.24) is 0 Å². The van der Waals surface area contributed by atoms with Crippen molar-refractivity contribution >= 4 is 23.4 Å². The van der Waals surface area contributed by atoms with Gasteiger partial charge in [-0.05, 0) is 42.7 Å². The number of nitrogens with one attached hydrogen (secondary N) is 1. The van der Waals surface area contributed by atoms with E-state index in [0.29, 0.717) is 0 Å². The summed E-state index contributed by atoms with van der Waals surface area (Å²) in [5.41, 5.74) is 2.22. The lowest BCUT2D eigenvalue weighted by molar-refractivity contribution is -0.119. The van der Waals surface area contributed by atoms with Gasteiger partial charge < -0.3 is 5.32 Å². The van der Waals surface area contributed by atoms with Crippen molar-refractivity contribution in [3.8, 4) is 0 Å². The van der Waals surface area contributed by atoms with E-state index in [1.165, 1.54) is 11.3 Å². The van der Waals surface area contributed by atoms with Crippen molar-refractivity contribution in [3.05, 3.63) is 29.8 Å². The molecule has 0 bridgehead atoms. The number of hydrogen-bond donors (Lipinski definition) is 1. The topological polar surface area (TPSA) is 29.1 Å². The van der Waals surface area contributed by atoms with Crippen LogP contribution in [0.3, 0.4) is 0 Å². The molecule has 0 aromatic heterocycles. The van der Waals surface area contributed by atoms with E-state index in [1.807, 2.05) is 23.9 Å². The highest BCUT2D eigenvalue weighted by Gasteiger charge is 2.21. The van der Waals surface area contributed by atoms with E-state index >= 15 is 0 Å². The van der Waals surface area contributed by atoms with Crippen LogP contribution in [0.2, 0.25) is 0 Å². The summed E-state index contributed by atoms with van der Waals surface area (Å²) in [5.74, 6) is 2.55. The summed E-state index contributed by atoms with van der Waals surface area (Å²) in [6, 6.07) is 8.13. The zero-order valence-electron chi connectivity index (χ0n) is 10.2. The maximum atomic E-state index is 12.0. The first-order valence-corrected chi connectivity index (χ1v) is 7.42. The smallest absolute Gasteiger partial charge is 0.228 e. The zero-order valence-corrected chi connectivity index (χ0v) is 11.1. The Bertz CT molecular complexity index is 368. The van der Waals surface area contributed by atoms with Gasteiger partial charge in [0.15, 0.2) is 0 Å². The van der Waals surface area contributed by atoms with Gasteiger partial charge in [0.2, 0.25) is 5.91 Å². The highest BCUT2D eigenvalue weighted by Crippen LogP contribution is 2.23. The Morgan fingerprint density at radius 2 is 2.18 bits per heavy atom. The molecular weight excluding hydrogens is 230 g/mol. The lowest BCUT2D eigenvalue weighted by Gasteiger charge is -2.20. The van der Waals surface area contributed by atoms with Crippen molar-refractivity contribution in [2.45, 2.75) is 26.2 Å². The molecule has 1 fully saturated rings. The van der Waals surface area contributed by atoms with Gasteiger partial charge in [0.25, 0.3) is 0 Å². The molecule has 92 valence electrons. The Balaban J connectivity index is 1.92. The first-order valence-electron chi connectivity index (χ1n) is 6.27. The minimum absolute atomic E-state index is 0.182. The number of rotatable bonds is 3. The van der Waals surface area contributed by atoms with E-state index in [-0.39, 0.29) is 11.8 Å². The maximum absolute atomic E-state index is 12.0. The Morgan fingerprint density at radius 1 is 1.41 bits per heavy atom. The average molecular weight is 249 g/mol. The van der Waals surface area contributed by atoms with Crippen LogP contribution in [0.5, 0.6) is 0 Å². The number of carbonyl (C=O) groups excluding carboxylic acids is 1. The second-order valence-electron chi connectivity index (χ2n) is 4.45.